The second-order valence-corrected chi connectivity index (χ2v) is 7.37. The van der Waals surface area contributed by atoms with Crippen LogP contribution in [0.2, 0.25) is 0 Å². The lowest BCUT2D eigenvalue weighted by Gasteiger charge is -2.31. The third kappa shape index (κ3) is 5.30. The zero-order valence-electron chi connectivity index (χ0n) is 15.0. The molecular weight excluding hydrogens is 364 g/mol. The van der Waals surface area contributed by atoms with Crippen molar-refractivity contribution in [2.24, 2.45) is 5.92 Å². The highest BCUT2D eigenvalue weighted by atomic mass is 32.1. The van der Waals surface area contributed by atoms with Gasteiger partial charge in [0.2, 0.25) is 11.8 Å². The van der Waals surface area contributed by atoms with Crippen LogP contribution >= 0.6 is 11.3 Å². The maximum atomic E-state index is 12.5. The minimum absolute atomic E-state index is 0.0618. The Hall–Kier alpha value is -2.87. The smallest absolute Gasteiger partial charge is 0.322 e. The number of benzene rings is 1. The molecule has 27 heavy (non-hydrogen) atoms. The van der Waals surface area contributed by atoms with Crippen molar-refractivity contribution in [1.82, 2.24) is 4.90 Å². The molecule has 0 spiro atoms. The zero-order valence-corrected chi connectivity index (χ0v) is 15.8. The summed E-state index contributed by atoms with van der Waals surface area (Å²) in [5, 5.41) is 11.2. The van der Waals surface area contributed by atoms with Crippen molar-refractivity contribution in [2.75, 3.05) is 29.0 Å². The van der Waals surface area contributed by atoms with Crippen LogP contribution in [0.25, 0.3) is 0 Å². The fraction of sp³-hybridized carbons (Fsp3) is 0.316. The fourth-order valence-electron chi connectivity index (χ4n) is 3.00. The number of piperidine rings is 1. The molecule has 4 amide bonds. The molecule has 1 aliphatic heterocycles. The SMILES string of the molecule is CC(=O)Nc1cccc(NC(=O)C2CCN(C(=O)Nc3cccs3)CC2)c1. The summed E-state index contributed by atoms with van der Waals surface area (Å²) in [7, 11) is 0. The molecule has 0 atom stereocenters. The zero-order chi connectivity index (χ0) is 19.2. The van der Waals surface area contributed by atoms with Crippen molar-refractivity contribution in [3.63, 3.8) is 0 Å². The van der Waals surface area contributed by atoms with Crippen LogP contribution in [-0.2, 0) is 9.59 Å². The number of carbonyl (C=O) groups excluding carboxylic acids is 3. The molecule has 1 aliphatic rings. The Labute approximate surface area is 161 Å². The highest BCUT2D eigenvalue weighted by Gasteiger charge is 2.27. The van der Waals surface area contributed by atoms with E-state index < -0.39 is 0 Å². The first-order chi connectivity index (χ1) is 13.0. The van der Waals surface area contributed by atoms with Gasteiger partial charge in [-0.2, -0.15) is 0 Å². The summed E-state index contributed by atoms with van der Waals surface area (Å²) < 4.78 is 0. The van der Waals surface area contributed by atoms with E-state index in [-0.39, 0.29) is 23.8 Å². The fourth-order valence-corrected chi connectivity index (χ4v) is 3.61. The number of rotatable bonds is 4. The van der Waals surface area contributed by atoms with E-state index >= 15 is 0 Å². The molecule has 1 aromatic carbocycles. The Bertz CT molecular complexity index is 814. The topological polar surface area (TPSA) is 90.5 Å². The predicted octanol–water partition coefficient (Wildman–Crippen LogP) is 3.59. The second-order valence-electron chi connectivity index (χ2n) is 6.42. The van der Waals surface area contributed by atoms with Gasteiger partial charge in [-0.15, -0.1) is 11.3 Å². The first-order valence-corrected chi connectivity index (χ1v) is 9.67. The number of hydrogen-bond donors (Lipinski definition) is 3. The number of urea groups is 1. The van der Waals surface area contributed by atoms with Gasteiger partial charge in [0.15, 0.2) is 0 Å². The number of thiophene rings is 1. The van der Waals surface area contributed by atoms with E-state index in [1.54, 1.807) is 29.2 Å². The largest absolute Gasteiger partial charge is 0.326 e. The summed E-state index contributed by atoms with van der Waals surface area (Å²) in [6.45, 7) is 2.52. The molecule has 0 bridgehead atoms. The Kier molecular flexibility index (Phi) is 6.08. The summed E-state index contributed by atoms with van der Waals surface area (Å²) in [6.07, 6.45) is 1.24. The summed E-state index contributed by atoms with van der Waals surface area (Å²) in [5.74, 6) is -0.361. The molecular formula is C19H22N4O3S. The minimum Gasteiger partial charge on any atom is -0.326 e. The van der Waals surface area contributed by atoms with Gasteiger partial charge < -0.3 is 15.5 Å². The number of hydrogen-bond acceptors (Lipinski definition) is 4. The first kappa shape index (κ1) is 18.9. The van der Waals surface area contributed by atoms with Crippen molar-refractivity contribution in [3.8, 4) is 0 Å². The van der Waals surface area contributed by atoms with Crippen molar-refractivity contribution < 1.29 is 14.4 Å². The summed E-state index contributed by atoms with van der Waals surface area (Å²) in [5.41, 5.74) is 1.28. The molecule has 3 N–H and O–H groups in total. The Morgan fingerprint density at radius 1 is 1.00 bits per heavy atom. The quantitative estimate of drug-likeness (QED) is 0.750. The van der Waals surface area contributed by atoms with E-state index in [2.05, 4.69) is 16.0 Å². The molecule has 0 aliphatic carbocycles. The van der Waals surface area contributed by atoms with Crippen LogP contribution in [-0.4, -0.2) is 35.8 Å². The summed E-state index contributed by atoms with van der Waals surface area (Å²) in [4.78, 5) is 37.6. The van der Waals surface area contributed by atoms with Gasteiger partial charge in [-0.1, -0.05) is 6.07 Å². The molecule has 142 valence electrons. The molecule has 0 saturated carbocycles. The van der Waals surface area contributed by atoms with Gasteiger partial charge in [0.05, 0.1) is 5.00 Å². The maximum absolute atomic E-state index is 12.5. The highest BCUT2D eigenvalue weighted by molar-refractivity contribution is 7.14. The van der Waals surface area contributed by atoms with Crippen LogP contribution in [0.3, 0.4) is 0 Å². The van der Waals surface area contributed by atoms with E-state index in [0.29, 0.717) is 37.3 Å². The molecule has 0 radical (unpaired) electrons. The Morgan fingerprint density at radius 2 is 1.70 bits per heavy atom. The molecule has 2 aromatic rings. The van der Waals surface area contributed by atoms with Gasteiger partial charge in [0.1, 0.15) is 0 Å². The number of anilines is 3. The normalized spacial score (nSPS) is 14.5. The third-order valence-corrected chi connectivity index (χ3v) is 5.14. The molecule has 1 aromatic heterocycles. The minimum atomic E-state index is -0.160. The van der Waals surface area contributed by atoms with E-state index in [4.69, 9.17) is 0 Å². The number of nitrogens with one attached hydrogen (secondary N) is 3. The highest BCUT2D eigenvalue weighted by Crippen LogP contribution is 2.22. The Morgan fingerprint density at radius 3 is 2.33 bits per heavy atom. The average molecular weight is 386 g/mol. The van der Waals surface area contributed by atoms with Crippen LogP contribution in [0.1, 0.15) is 19.8 Å². The number of carbonyl (C=O) groups is 3. The first-order valence-electron chi connectivity index (χ1n) is 8.79. The van der Waals surface area contributed by atoms with Gasteiger partial charge in [0, 0.05) is 37.3 Å². The van der Waals surface area contributed by atoms with Gasteiger partial charge >= 0.3 is 6.03 Å². The van der Waals surface area contributed by atoms with E-state index in [0.717, 1.165) is 5.00 Å². The van der Waals surface area contributed by atoms with Crippen LogP contribution < -0.4 is 16.0 Å². The average Bonchev–Trinajstić information content (AvgIpc) is 3.14. The van der Waals surface area contributed by atoms with Crippen LogP contribution in [0, 0.1) is 5.92 Å². The third-order valence-electron chi connectivity index (χ3n) is 4.35. The van der Waals surface area contributed by atoms with E-state index in [1.807, 2.05) is 17.5 Å². The molecule has 1 fully saturated rings. The van der Waals surface area contributed by atoms with E-state index in [1.165, 1.54) is 18.3 Å². The van der Waals surface area contributed by atoms with Crippen LogP contribution in [0.4, 0.5) is 21.2 Å². The number of likely N-dealkylation sites (tertiary alicyclic amines) is 1. The number of nitrogens with zero attached hydrogens (tertiary/aromatic N) is 1. The molecule has 3 rings (SSSR count). The molecule has 0 unspecified atom stereocenters. The molecule has 8 heteroatoms. The van der Waals surface area contributed by atoms with Crippen molar-refractivity contribution in [1.29, 1.82) is 0 Å². The van der Waals surface area contributed by atoms with Gasteiger partial charge in [-0.25, -0.2) is 4.79 Å². The van der Waals surface area contributed by atoms with Crippen molar-refractivity contribution in [3.05, 3.63) is 41.8 Å². The molecule has 7 nitrogen and oxygen atoms in total. The predicted molar refractivity (Wildman–Crippen MR) is 107 cm³/mol. The standard InChI is InChI=1S/C19H22N4O3S/c1-13(24)20-15-4-2-5-16(12-15)21-18(25)14-7-9-23(10-8-14)19(26)22-17-6-3-11-27-17/h2-6,11-12,14H,7-10H2,1H3,(H,20,24)(H,21,25)(H,22,26). The maximum Gasteiger partial charge on any atom is 0.322 e. The van der Waals surface area contributed by atoms with Gasteiger partial charge in [0.25, 0.3) is 0 Å². The second kappa shape index (κ2) is 8.68. The number of amides is 4. The van der Waals surface area contributed by atoms with Gasteiger partial charge in [-0.3, -0.25) is 14.9 Å². The summed E-state index contributed by atoms with van der Waals surface area (Å²) >= 11 is 1.48. The van der Waals surface area contributed by atoms with E-state index in [9.17, 15) is 14.4 Å². The summed E-state index contributed by atoms with van der Waals surface area (Å²) in [6, 6.07) is 10.7. The lowest BCUT2D eigenvalue weighted by molar-refractivity contribution is -0.121. The lowest BCUT2D eigenvalue weighted by atomic mass is 9.96. The van der Waals surface area contributed by atoms with Crippen LogP contribution in [0.15, 0.2) is 41.8 Å². The molecule has 2 heterocycles. The Balaban J connectivity index is 1.50. The van der Waals surface area contributed by atoms with Crippen molar-refractivity contribution >= 4 is 45.6 Å². The van der Waals surface area contributed by atoms with Gasteiger partial charge in [-0.05, 0) is 48.6 Å². The van der Waals surface area contributed by atoms with Crippen LogP contribution in [0.5, 0.6) is 0 Å². The monoisotopic (exact) mass is 386 g/mol. The van der Waals surface area contributed by atoms with Crippen molar-refractivity contribution in [2.45, 2.75) is 19.8 Å². The lowest BCUT2D eigenvalue weighted by Crippen LogP contribution is -2.43. The molecule has 1 saturated heterocycles.